The number of H-pyrrole nitrogens is 1. The molecule has 0 amide bonds. The van der Waals surface area contributed by atoms with E-state index in [9.17, 15) is 9.59 Å². The van der Waals surface area contributed by atoms with Crippen LogP contribution in [0.15, 0.2) is 23.1 Å². The molecule has 0 saturated carbocycles. The van der Waals surface area contributed by atoms with Crippen LogP contribution in [-0.2, 0) is 4.79 Å². The average molecular weight is 168 g/mol. The second-order valence-electron chi connectivity index (χ2n) is 2.27. The molecule has 1 aromatic rings. The molecule has 12 heavy (non-hydrogen) atoms. The normalized spacial score (nSPS) is 12.4. The Morgan fingerprint density at radius 1 is 1.67 bits per heavy atom. The molecule has 4 N–H and O–H groups in total. The third-order valence-corrected chi connectivity index (χ3v) is 1.45. The van der Waals surface area contributed by atoms with Crippen molar-refractivity contribution in [2.75, 3.05) is 0 Å². The highest BCUT2D eigenvalue weighted by molar-refractivity contribution is 5.74. The molecule has 1 aromatic heterocycles. The number of aromatic amines is 1. The van der Waals surface area contributed by atoms with Gasteiger partial charge in [-0.1, -0.05) is 0 Å². The van der Waals surface area contributed by atoms with Crippen LogP contribution in [0.25, 0.3) is 0 Å². The van der Waals surface area contributed by atoms with Gasteiger partial charge in [0, 0.05) is 11.8 Å². The summed E-state index contributed by atoms with van der Waals surface area (Å²) in [5.41, 5.74) is 4.81. The highest BCUT2D eigenvalue weighted by Gasteiger charge is 2.16. The summed E-state index contributed by atoms with van der Waals surface area (Å²) in [4.78, 5) is 23.7. The van der Waals surface area contributed by atoms with E-state index in [4.69, 9.17) is 10.8 Å². The lowest BCUT2D eigenvalue weighted by Crippen LogP contribution is -2.27. The Labute approximate surface area is 67.8 Å². The molecule has 0 aliphatic heterocycles. The summed E-state index contributed by atoms with van der Waals surface area (Å²) < 4.78 is 0. The van der Waals surface area contributed by atoms with Crippen molar-refractivity contribution in [3.05, 3.63) is 34.2 Å². The fourth-order valence-corrected chi connectivity index (χ4v) is 0.813. The van der Waals surface area contributed by atoms with Crippen molar-refractivity contribution in [3.63, 3.8) is 0 Å². The van der Waals surface area contributed by atoms with Gasteiger partial charge >= 0.3 is 5.97 Å². The van der Waals surface area contributed by atoms with E-state index in [1.165, 1.54) is 18.3 Å². The van der Waals surface area contributed by atoms with Crippen LogP contribution in [-0.4, -0.2) is 16.1 Å². The number of carboxylic acid groups (broad SMARTS) is 1. The van der Waals surface area contributed by atoms with E-state index in [0.717, 1.165) is 0 Å². The molecular formula is C7H8N2O3. The number of aromatic nitrogens is 1. The topological polar surface area (TPSA) is 96.2 Å². The van der Waals surface area contributed by atoms with Crippen LogP contribution in [0.2, 0.25) is 0 Å². The van der Waals surface area contributed by atoms with Crippen LogP contribution in [0.3, 0.4) is 0 Å². The van der Waals surface area contributed by atoms with E-state index in [2.05, 4.69) is 4.98 Å². The van der Waals surface area contributed by atoms with Crippen molar-refractivity contribution >= 4 is 5.97 Å². The van der Waals surface area contributed by atoms with E-state index in [-0.39, 0.29) is 5.56 Å². The van der Waals surface area contributed by atoms with Crippen LogP contribution in [0, 0.1) is 0 Å². The van der Waals surface area contributed by atoms with E-state index in [0.29, 0.717) is 0 Å². The predicted molar refractivity (Wildman–Crippen MR) is 41.6 cm³/mol. The molecular weight excluding hydrogens is 160 g/mol. The molecule has 0 aliphatic carbocycles. The Bertz CT molecular complexity index is 345. The lowest BCUT2D eigenvalue weighted by Gasteiger charge is -2.03. The SMILES string of the molecule is N[C@H](C(=O)O)c1ccc[nH]c1=O. The Hall–Kier alpha value is -1.62. The third kappa shape index (κ3) is 1.51. The van der Waals surface area contributed by atoms with Crippen molar-refractivity contribution in [2.45, 2.75) is 6.04 Å². The Morgan fingerprint density at radius 2 is 2.33 bits per heavy atom. The van der Waals surface area contributed by atoms with Crippen LogP contribution in [0.1, 0.15) is 11.6 Å². The van der Waals surface area contributed by atoms with Crippen molar-refractivity contribution in [1.29, 1.82) is 0 Å². The fraction of sp³-hybridized carbons (Fsp3) is 0.143. The number of aliphatic carboxylic acids is 1. The molecule has 0 aromatic carbocycles. The zero-order valence-corrected chi connectivity index (χ0v) is 6.15. The minimum Gasteiger partial charge on any atom is -0.480 e. The third-order valence-electron chi connectivity index (χ3n) is 1.45. The van der Waals surface area contributed by atoms with Gasteiger partial charge in [0.2, 0.25) is 0 Å². The molecule has 0 spiro atoms. The summed E-state index contributed by atoms with van der Waals surface area (Å²) in [7, 11) is 0. The molecule has 0 bridgehead atoms. The van der Waals surface area contributed by atoms with Gasteiger partial charge in [0.1, 0.15) is 6.04 Å². The highest BCUT2D eigenvalue weighted by atomic mass is 16.4. The van der Waals surface area contributed by atoms with Crippen molar-refractivity contribution in [1.82, 2.24) is 4.98 Å². The number of rotatable bonds is 2. The van der Waals surface area contributed by atoms with Crippen LogP contribution < -0.4 is 11.3 Å². The smallest absolute Gasteiger partial charge is 0.325 e. The Kier molecular flexibility index (Phi) is 2.25. The summed E-state index contributed by atoms with van der Waals surface area (Å²) in [6.45, 7) is 0. The maximum Gasteiger partial charge on any atom is 0.325 e. The number of hydrogen-bond acceptors (Lipinski definition) is 3. The minimum atomic E-state index is -1.25. The van der Waals surface area contributed by atoms with E-state index < -0.39 is 17.6 Å². The fourth-order valence-electron chi connectivity index (χ4n) is 0.813. The quantitative estimate of drug-likeness (QED) is 0.552. The number of carbonyl (C=O) groups is 1. The second-order valence-corrected chi connectivity index (χ2v) is 2.27. The van der Waals surface area contributed by atoms with Crippen LogP contribution in [0.4, 0.5) is 0 Å². The molecule has 0 radical (unpaired) electrons. The summed E-state index contributed by atoms with van der Waals surface area (Å²) >= 11 is 0. The van der Waals surface area contributed by atoms with Gasteiger partial charge < -0.3 is 15.8 Å². The number of pyridine rings is 1. The molecule has 5 heteroatoms. The monoisotopic (exact) mass is 168 g/mol. The van der Waals surface area contributed by atoms with Gasteiger partial charge in [-0.25, -0.2) is 0 Å². The van der Waals surface area contributed by atoms with Gasteiger partial charge in [-0.05, 0) is 12.1 Å². The van der Waals surface area contributed by atoms with Crippen molar-refractivity contribution < 1.29 is 9.90 Å². The van der Waals surface area contributed by atoms with Crippen molar-refractivity contribution in [2.24, 2.45) is 5.73 Å². The van der Waals surface area contributed by atoms with Gasteiger partial charge in [0.05, 0.1) is 0 Å². The van der Waals surface area contributed by atoms with E-state index in [1.807, 2.05) is 0 Å². The number of nitrogens with one attached hydrogen (secondary N) is 1. The molecule has 5 nitrogen and oxygen atoms in total. The van der Waals surface area contributed by atoms with Crippen LogP contribution >= 0.6 is 0 Å². The molecule has 1 heterocycles. The first-order valence-electron chi connectivity index (χ1n) is 3.29. The summed E-state index contributed by atoms with van der Waals surface area (Å²) in [5, 5.41) is 8.48. The van der Waals surface area contributed by atoms with Gasteiger partial charge in [-0.15, -0.1) is 0 Å². The zero-order valence-electron chi connectivity index (χ0n) is 6.15. The van der Waals surface area contributed by atoms with Gasteiger partial charge in [0.15, 0.2) is 0 Å². The lowest BCUT2D eigenvalue weighted by atomic mass is 10.1. The van der Waals surface area contributed by atoms with Crippen LogP contribution in [0.5, 0.6) is 0 Å². The summed E-state index contributed by atoms with van der Waals surface area (Å²) in [6, 6.07) is 1.66. The van der Waals surface area contributed by atoms with Gasteiger partial charge in [0.25, 0.3) is 5.56 Å². The predicted octanol–water partition coefficient (Wildman–Crippen LogP) is -0.541. The molecule has 0 fully saturated rings. The Morgan fingerprint density at radius 3 is 2.83 bits per heavy atom. The maximum atomic E-state index is 11.0. The van der Waals surface area contributed by atoms with Gasteiger partial charge in [-0.3, -0.25) is 9.59 Å². The second kappa shape index (κ2) is 3.19. The lowest BCUT2D eigenvalue weighted by molar-refractivity contribution is -0.138. The first kappa shape index (κ1) is 8.48. The van der Waals surface area contributed by atoms with Gasteiger partial charge in [-0.2, -0.15) is 0 Å². The average Bonchev–Trinajstić information content (AvgIpc) is 2.04. The summed E-state index contributed by atoms with van der Waals surface area (Å²) in [5.74, 6) is -1.22. The maximum absolute atomic E-state index is 11.0. The first-order valence-corrected chi connectivity index (χ1v) is 3.29. The summed E-state index contributed by atoms with van der Waals surface area (Å²) in [6.07, 6.45) is 1.42. The van der Waals surface area contributed by atoms with E-state index in [1.54, 1.807) is 0 Å². The molecule has 0 unspecified atom stereocenters. The minimum absolute atomic E-state index is 0.0602. The molecule has 64 valence electrons. The zero-order chi connectivity index (χ0) is 9.14. The van der Waals surface area contributed by atoms with Crippen molar-refractivity contribution in [3.8, 4) is 0 Å². The largest absolute Gasteiger partial charge is 0.480 e. The van der Waals surface area contributed by atoms with E-state index >= 15 is 0 Å². The molecule has 1 atom stereocenters. The first-order chi connectivity index (χ1) is 5.63. The Balaban J connectivity index is 3.11. The number of carboxylic acids is 1. The molecule has 0 saturated heterocycles. The number of hydrogen-bond donors (Lipinski definition) is 3. The molecule has 0 aliphatic rings. The number of nitrogens with two attached hydrogens (primary N) is 1. The molecule has 1 rings (SSSR count). The standard InChI is InChI=1S/C7H8N2O3/c8-5(7(11)12)4-2-1-3-9-6(4)10/h1-3,5H,8H2,(H,9,10)(H,11,12)/t5-/m0/s1. The highest BCUT2D eigenvalue weighted by Crippen LogP contribution is 2.02.